The zero-order valence-corrected chi connectivity index (χ0v) is 7.07. The third-order valence-corrected chi connectivity index (χ3v) is 1.77. The van der Waals surface area contributed by atoms with Crippen LogP contribution in [0.1, 0.15) is 17.2 Å². The van der Waals surface area contributed by atoms with E-state index in [0.29, 0.717) is 11.1 Å². The van der Waals surface area contributed by atoms with Gasteiger partial charge in [-0.1, -0.05) is 12.1 Å². The second kappa shape index (κ2) is 3.74. The number of phenols is 1. The van der Waals surface area contributed by atoms with Gasteiger partial charge < -0.3 is 10.8 Å². The molecule has 0 heterocycles. The molecule has 0 saturated carbocycles. The van der Waals surface area contributed by atoms with Gasteiger partial charge in [-0.2, -0.15) is 5.26 Å². The fourth-order valence-electron chi connectivity index (χ4n) is 1.02. The van der Waals surface area contributed by atoms with Crippen molar-refractivity contribution in [3.63, 3.8) is 0 Å². The highest BCUT2D eigenvalue weighted by molar-refractivity contribution is 5.43. The first-order valence-corrected chi connectivity index (χ1v) is 3.80. The molecule has 0 aromatic heterocycles. The molecule has 1 rings (SSSR count). The highest BCUT2D eigenvalue weighted by atomic mass is 16.3. The number of hydrogen-bond acceptors (Lipinski definition) is 3. The first kappa shape index (κ1) is 9.30. The number of nitrogens with zero attached hydrogens (tertiary/aromatic N) is 1. The Morgan fingerprint density at radius 2 is 2.31 bits per heavy atom. The Morgan fingerprint density at radius 3 is 2.77 bits per heavy atom. The minimum absolute atomic E-state index is 0.0338. The van der Waals surface area contributed by atoms with Crippen molar-refractivity contribution in [1.82, 2.24) is 0 Å². The van der Waals surface area contributed by atoms with E-state index in [9.17, 15) is 5.11 Å². The Balaban J connectivity index is 3.13. The van der Waals surface area contributed by atoms with Gasteiger partial charge in [0.1, 0.15) is 5.75 Å². The Kier molecular flexibility index (Phi) is 2.68. The summed E-state index contributed by atoms with van der Waals surface area (Å²) >= 11 is 0. The topological polar surface area (TPSA) is 70.0 Å². The van der Waals surface area contributed by atoms with E-state index >= 15 is 0 Å². The molecule has 1 atom stereocenters. The van der Waals surface area contributed by atoms with Crippen molar-refractivity contribution in [3.05, 3.63) is 42.0 Å². The highest BCUT2D eigenvalue weighted by Gasteiger charge is 2.07. The van der Waals surface area contributed by atoms with Crippen molar-refractivity contribution in [3.8, 4) is 11.8 Å². The quantitative estimate of drug-likeness (QED) is 0.666. The van der Waals surface area contributed by atoms with Crippen LogP contribution >= 0.6 is 0 Å². The molecule has 1 aromatic rings. The van der Waals surface area contributed by atoms with E-state index in [2.05, 4.69) is 6.58 Å². The van der Waals surface area contributed by atoms with Crippen LogP contribution in [0.3, 0.4) is 0 Å². The van der Waals surface area contributed by atoms with Crippen LogP contribution in [0.25, 0.3) is 0 Å². The number of aromatic hydroxyl groups is 1. The van der Waals surface area contributed by atoms with Crippen molar-refractivity contribution in [1.29, 1.82) is 5.26 Å². The first-order valence-electron chi connectivity index (χ1n) is 3.80. The molecule has 0 unspecified atom stereocenters. The first-order chi connectivity index (χ1) is 6.19. The Hall–Kier alpha value is -1.79. The number of phenolic OH excluding ortho intramolecular Hbond substituents is 1. The second-order valence-electron chi connectivity index (χ2n) is 2.65. The van der Waals surface area contributed by atoms with Gasteiger partial charge in [0.25, 0.3) is 0 Å². The van der Waals surface area contributed by atoms with Crippen molar-refractivity contribution >= 4 is 0 Å². The van der Waals surface area contributed by atoms with Gasteiger partial charge in [-0.25, -0.2) is 0 Å². The summed E-state index contributed by atoms with van der Waals surface area (Å²) in [4.78, 5) is 0. The lowest BCUT2D eigenvalue weighted by molar-refractivity contribution is 0.466. The Morgan fingerprint density at radius 1 is 1.62 bits per heavy atom. The molecule has 0 amide bonds. The molecular weight excluding hydrogens is 164 g/mol. The minimum atomic E-state index is -0.396. The van der Waals surface area contributed by atoms with E-state index in [1.54, 1.807) is 12.1 Å². The smallest absolute Gasteiger partial charge is 0.121 e. The average Bonchev–Trinajstić information content (AvgIpc) is 2.16. The summed E-state index contributed by atoms with van der Waals surface area (Å²) in [6.07, 6.45) is 1.53. The van der Waals surface area contributed by atoms with Gasteiger partial charge in [-0.05, 0) is 12.1 Å². The molecule has 0 saturated heterocycles. The molecule has 13 heavy (non-hydrogen) atoms. The van der Waals surface area contributed by atoms with E-state index < -0.39 is 6.04 Å². The molecular formula is C10H10N2O. The maximum atomic E-state index is 9.45. The van der Waals surface area contributed by atoms with Crippen LogP contribution in [0.5, 0.6) is 5.75 Å². The minimum Gasteiger partial charge on any atom is -0.508 e. The molecule has 0 aliphatic rings. The van der Waals surface area contributed by atoms with Crippen molar-refractivity contribution in [2.45, 2.75) is 6.04 Å². The largest absolute Gasteiger partial charge is 0.508 e. The highest BCUT2D eigenvalue weighted by Crippen LogP contribution is 2.23. The van der Waals surface area contributed by atoms with Gasteiger partial charge in [0, 0.05) is 5.56 Å². The Labute approximate surface area is 76.7 Å². The van der Waals surface area contributed by atoms with E-state index in [1.807, 2.05) is 6.07 Å². The van der Waals surface area contributed by atoms with E-state index in [-0.39, 0.29) is 5.75 Å². The average molecular weight is 174 g/mol. The molecule has 3 heteroatoms. The zero-order valence-electron chi connectivity index (χ0n) is 7.07. The monoisotopic (exact) mass is 174 g/mol. The standard InChI is InChI=1S/C10H10N2O/c1-2-9(12)8-4-3-7(6-11)5-10(8)13/h2-5,9,13H,1,12H2/t9-/m1/s1. The maximum Gasteiger partial charge on any atom is 0.121 e. The summed E-state index contributed by atoms with van der Waals surface area (Å²) in [5, 5.41) is 18.0. The lowest BCUT2D eigenvalue weighted by Crippen LogP contribution is -2.06. The lowest BCUT2D eigenvalue weighted by atomic mass is 10.0. The summed E-state index contributed by atoms with van der Waals surface area (Å²) < 4.78 is 0. The van der Waals surface area contributed by atoms with Gasteiger partial charge in [0.05, 0.1) is 17.7 Å². The van der Waals surface area contributed by atoms with Crippen LogP contribution in [-0.4, -0.2) is 5.11 Å². The molecule has 0 spiro atoms. The molecule has 0 fully saturated rings. The van der Waals surface area contributed by atoms with Gasteiger partial charge >= 0.3 is 0 Å². The SMILES string of the molecule is C=C[C@@H](N)c1ccc(C#N)cc1O. The fraction of sp³-hybridized carbons (Fsp3) is 0.100. The van der Waals surface area contributed by atoms with Gasteiger partial charge in [0.2, 0.25) is 0 Å². The zero-order chi connectivity index (χ0) is 9.84. The van der Waals surface area contributed by atoms with Crippen LogP contribution in [-0.2, 0) is 0 Å². The van der Waals surface area contributed by atoms with Crippen LogP contribution < -0.4 is 5.73 Å². The van der Waals surface area contributed by atoms with Gasteiger partial charge in [-0.3, -0.25) is 0 Å². The molecule has 66 valence electrons. The summed E-state index contributed by atoms with van der Waals surface area (Å²) in [5.74, 6) is 0.0338. The Bertz CT molecular complexity index is 366. The van der Waals surface area contributed by atoms with Crippen LogP contribution in [0, 0.1) is 11.3 Å². The van der Waals surface area contributed by atoms with Crippen LogP contribution in [0.4, 0.5) is 0 Å². The molecule has 3 N–H and O–H groups in total. The van der Waals surface area contributed by atoms with Crippen molar-refractivity contribution < 1.29 is 5.11 Å². The molecule has 0 radical (unpaired) electrons. The normalized spacial score (nSPS) is 11.7. The van der Waals surface area contributed by atoms with Gasteiger partial charge in [0.15, 0.2) is 0 Å². The van der Waals surface area contributed by atoms with Crippen LogP contribution in [0.15, 0.2) is 30.9 Å². The molecule has 3 nitrogen and oxygen atoms in total. The summed E-state index contributed by atoms with van der Waals surface area (Å²) in [5.41, 5.74) is 6.62. The van der Waals surface area contributed by atoms with Crippen molar-refractivity contribution in [2.75, 3.05) is 0 Å². The number of rotatable bonds is 2. The summed E-state index contributed by atoms with van der Waals surface area (Å²) in [6.45, 7) is 3.52. The summed E-state index contributed by atoms with van der Waals surface area (Å²) in [6, 6.07) is 6.15. The number of nitriles is 1. The molecule has 0 bridgehead atoms. The summed E-state index contributed by atoms with van der Waals surface area (Å²) in [7, 11) is 0. The predicted molar refractivity (Wildman–Crippen MR) is 49.9 cm³/mol. The van der Waals surface area contributed by atoms with E-state index in [0.717, 1.165) is 0 Å². The maximum absolute atomic E-state index is 9.45. The van der Waals surface area contributed by atoms with Gasteiger partial charge in [-0.15, -0.1) is 6.58 Å². The predicted octanol–water partition coefficient (Wildman–Crippen LogP) is 1.45. The third-order valence-electron chi connectivity index (χ3n) is 1.77. The number of nitrogens with two attached hydrogens (primary N) is 1. The second-order valence-corrected chi connectivity index (χ2v) is 2.65. The molecule has 0 aliphatic heterocycles. The number of hydrogen-bond donors (Lipinski definition) is 2. The molecule has 1 aromatic carbocycles. The molecule has 0 aliphatic carbocycles. The van der Waals surface area contributed by atoms with Crippen LogP contribution in [0.2, 0.25) is 0 Å². The number of benzene rings is 1. The lowest BCUT2D eigenvalue weighted by Gasteiger charge is -2.08. The fourth-order valence-corrected chi connectivity index (χ4v) is 1.02. The van der Waals surface area contributed by atoms with E-state index in [1.165, 1.54) is 12.1 Å². The van der Waals surface area contributed by atoms with E-state index in [4.69, 9.17) is 11.0 Å². The third kappa shape index (κ3) is 1.86. The van der Waals surface area contributed by atoms with Crippen molar-refractivity contribution in [2.24, 2.45) is 5.73 Å².